The second-order valence-corrected chi connectivity index (χ2v) is 7.20. The zero-order valence-corrected chi connectivity index (χ0v) is 14.7. The van der Waals surface area contributed by atoms with Gasteiger partial charge in [0.2, 0.25) is 11.8 Å². The summed E-state index contributed by atoms with van der Waals surface area (Å²) in [6.07, 6.45) is 2.40. The van der Waals surface area contributed by atoms with Crippen molar-refractivity contribution >= 4 is 17.2 Å². The molecule has 1 saturated heterocycles. The first kappa shape index (κ1) is 16.2. The van der Waals surface area contributed by atoms with E-state index in [-0.39, 0.29) is 5.91 Å². The molecular formula is C17H23N3O2S. The van der Waals surface area contributed by atoms with Gasteiger partial charge < -0.3 is 14.2 Å². The number of nitrogens with zero attached hydrogens (tertiary/aromatic N) is 3. The van der Waals surface area contributed by atoms with Crippen LogP contribution in [0.3, 0.4) is 0 Å². The molecule has 2 aromatic rings. The second-order valence-electron chi connectivity index (χ2n) is 6.25. The fourth-order valence-corrected chi connectivity index (χ4v) is 3.63. The van der Waals surface area contributed by atoms with E-state index in [2.05, 4.69) is 24.0 Å². The van der Waals surface area contributed by atoms with E-state index in [1.165, 1.54) is 0 Å². The fourth-order valence-electron chi connectivity index (χ4n) is 2.98. The number of aryl methyl sites for hydroxylation is 1. The average molecular weight is 333 g/mol. The van der Waals surface area contributed by atoms with Gasteiger partial charge >= 0.3 is 0 Å². The summed E-state index contributed by atoms with van der Waals surface area (Å²) >= 11 is 1.59. The number of aromatic nitrogens is 1. The SMILES string of the molecule is Cc1oc(-c2cccs2)nc1CC(=O)N1CCC(N(C)C)CC1. The van der Waals surface area contributed by atoms with E-state index in [1.807, 2.05) is 29.3 Å². The highest BCUT2D eigenvalue weighted by molar-refractivity contribution is 7.13. The highest BCUT2D eigenvalue weighted by atomic mass is 32.1. The second kappa shape index (κ2) is 6.84. The van der Waals surface area contributed by atoms with Crippen LogP contribution < -0.4 is 0 Å². The van der Waals surface area contributed by atoms with Gasteiger partial charge in [-0.2, -0.15) is 0 Å². The number of amides is 1. The van der Waals surface area contributed by atoms with E-state index >= 15 is 0 Å². The predicted octanol–water partition coefficient (Wildman–Crippen LogP) is 2.81. The van der Waals surface area contributed by atoms with Gasteiger partial charge in [-0.3, -0.25) is 4.79 Å². The Morgan fingerprint density at radius 2 is 2.17 bits per heavy atom. The van der Waals surface area contributed by atoms with Crippen LogP contribution in [0.15, 0.2) is 21.9 Å². The molecule has 3 heterocycles. The lowest BCUT2D eigenvalue weighted by molar-refractivity contribution is -0.132. The summed E-state index contributed by atoms with van der Waals surface area (Å²) in [5.74, 6) is 1.51. The Balaban J connectivity index is 1.62. The van der Waals surface area contributed by atoms with Crippen LogP contribution in [0.1, 0.15) is 24.3 Å². The van der Waals surface area contributed by atoms with Crippen molar-refractivity contribution in [1.82, 2.24) is 14.8 Å². The third kappa shape index (κ3) is 3.64. The van der Waals surface area contributed by atoms with Gasteiger partial charge in [-0.25, -0.2) is 4.98 Å². The number of carbonyl (C=O) groups is 1. The molecule has 0 unspecified atom stereocenters. The number of carbonyl (C=O) groups excluding carboxylic acids is 1. The summed E-state index contributed by atoms with van der Waals surface area (Å²) in [6.45, 7) is 3.54. The molecule has 0 spiro atoms. The van der Waals surface area contributed by atoms with Crippen molar-refractivity contribution < 1.29 is 9.21 Å². The van der Waals surface area contributed by atoms with E-state index in [1.54, 1.807) is 11.3 Å². The van der Waals surface area contributed by atoms with Crippen molar-refractivity contribution in [2.75, 3.05) is 27.2 Å². The van der Waals surface area contributed by atoms with Crippen LogP contribution in [0, 0.1) is 6.92 Å². The lowest BCUT2D eigenvalue weighted by Gasteiger charge is -2.35. The van der Waals surface area contributed by atoms with Crippen molar-refractivity contribution in [1.29, 1.82) is 0 Å². The molecule has 5 nitrogen and oxygen atoms in total. The average Bonchev–Trinajstić information content (AvgIpc) is 3.18. The summed E-state index contributed by atoms with van der Waals surface area (Å²) in [5, 5.41) is 1.99. The molecule has 6 heteroatoms. The quantitative estimate of drug-likeness (QED) is 0.863. The Hall–Kier alpha value is -1.66. The molecule has 3 rings (SSSR count). The zero-order chi connectivity index (χ0) is 16.4. The molecule has 2 aromatic heterocycles. The molecule has 1 amide bonds. The van der Waals surface area contributed by atoms with E-state index in [4.69, 9.17) is 4.42 Å². The molecule has 1 fully saturated rings. The van der Waals surface area contributed by atoms with Gasteiger partial charge in [0, 0.05) is 19.1 Å². The zero-order valence-electron chi connectivity index (χ0n) is 13.9. The van der Waals surface area contributed by atoms with Crippen molar-refractivity contribution in [2.45, 2.75) is 32.2 Å². The van der Waals surface area contributed by atoms with Gasteiger partial charge in [-0.15, -0.1) is 11.3 Å². The van der Waals surface area contributed by atoms with Crippen LogP contribution in [-0.2, 0) is 11.2 Å². The normalized spacial score (nSPS) is 16.3. The highest BCUT2D eigenvalue weighted by Gasteiger charge is 2.25. The number of oxazole rings is 1. The lowest BCUT2D eigenvalue weighted by Crippen LogP contribution is -2.45. The molecule has 0 atom stereocenters. The standard InChI is InChI=1S/C17H23N3O2S/c1-12-14(18-17(22-12)15-5-4-10-23-15)11-16(21)20-8-6-13(7-9-20)19(2)3/h4-5,10,13H,6-9,11H2,1-3H3. The Morgan fingerprint density at radius 1 is 1.43 bits per heavy atom. The van der Waals surface area contributed by atoms with Gasteiger partial charge in [-0.1, -0.05) is 6.07 Å². The van der Waals surface area contributed by atoms with Crippen molar-refractivity contribution in [3.8, 4) is 10.8 Å². The molecule has 0 bridgehead atoms. The Bertz CT molecular complexity index is 655. The van der Waals surface area contributed by atoms with Crippen LogP contribution in [0.25, 0.3) is 10.8 Å². The summed E-state index contributed by atoms with van der Waals surface area (Å²) < 4.78 is 5.72. The first-order valence-electron chi connectivity index (χ1n) is 7.99. The van der Waals surface area contributed by atoms with E-state index < -0.39 is 0 Å². The third-order valence-corrected chi connectivity index (χ3v) is 5.35. The molecule has 124 valence electrons. The van der Waals surface area contributed by atoms with Crippen molar-refractivity contribution in [2.24, 2.45) is 0 Å². The fraction of sp³-hybridized carbons (Fsp3) is 0.529. The number of hydrogen-bond acceptors (Lipinski definition) is 5. The third-order valence-electron chi connectivity index (χ3n) is 4.49. The largest absolute Gasteiger partial charge is 0.440 e. The molecule has 0 aromatic carbocycles. The van der Waals surface area contributed by atoms with Gasteiger partial charge in [-0.05, 0) is 45.3 Å². The first-order chi connectivity index (χ1) is 11.0. The lowest BCUT2D eigenvalue weighted by atomic mass is 10.0. The van der Waals surface area contributed by atoms with Gasteiger partial charge in [0.15, 0.2) is 0 Å². The molecule has 0 N–H and O–H groups in total. The van der Waals surface area contributed by atoms with Gasteiger partial charge in [0.25, 0.3) is 0 Å². The maximum Gasteiger partial charge on any atom is 0.236 e. The summed E-state index contributed by atoms with van der Waals surface area (Å²) in [5.41, 5.74) is 0.758. The monoisotopic (exact) mass is 333 g/mol. The first-order valence-corrected chi connectivity index (χ1v) is 8.87. The Kier molecular flexibility index (Phi) is 4.82. The number of rotatable bonds is 4. The minimum atomic E-state index is 0.149. The van der Waals surface area contributed by atoms with Crippen LogP contribution in [0.5, 0.6) is 0 Å². The Labute approximate surface area is 140 Å². The maximum atomic E-state index is 12.5. The number of thiophene rings is 1. The number of likely N-dealkylation sites (tertiary alicyclic amines) is 1. The van der Waals surface area contributed by atoms with Crippen LogP contribution in [-0.4, -0.2) is 53.9 Å². The molecule has 0 saturated carbocycles. The topological polar surface area (TPSA) is 49.6 Å². The smallest absolute Gasteiger partial charge is 0.236 e. The molecule has 23 heavy (non-hydrogen) atoms. The minimum Gasteiger partial charge on any atom is -0.440 e. The summed E-state index contributed by atoms with van der Waals surface area (Å²) in [4.78, 5) is 22.2. The van der Waals surface area contributed by atoms with Crippen molar-refractivity contribution in [3.05, 3.63) is 29.0 Å². The van der Waals surface area contributed by atoms with Crippen LogP contribution in [0.4, 0.5) is 0 Å². The van der Waals surface area contributed by atoms with Gasteiger partial charge in [0.05, 0.1) is 17.0 Å². The van der Waals surface area contributed by atoms with Crippen molar-refractivity contribution in [3.63, 3.8) is 0 Å². The summed E-state index contributed by atoms with van der Waals surface area (Å²) in [7, 11) is 4.21. The number of piperidine rings is 1. The number of hydrogen-bond donors (Lipinski definition) is 0. The van der Waals surface area contributed by atoms with E-state index in [9.17, 15) is 4.79 Å². The van der Waals surface area contributed by atoms with E-state index in [0.29, 0.717) is 18.4 Å². The molecule has 1 aliphatic rings. The summed E-state index contributed by atoms with van der Waals surface area (Å²) in [6, 6.07) is 4.53. The van der Waals surface area contributed by atoms with Crippen LogP contribution in [0.2, 0.25) is 0 Å². The predicted molar refractivity (Wildman–Crippen MR) is 91.5 cm³/mol. The van der Waals surface area contributed by atoms with Gasteiger partial charge in [0.1, 0.15) is 5.76 Å². The Morgan fingerprint density at radius 3 is 2.78 bits per heavy atom. The minimum absolute atomic E-state index is 0.149. The molecule has 1 aliphatic heterocycles. The molecule has 0 aliphatic carbocycles. The highest BCUT2D eigenvalue weighted by Crippen LogP contribution is 2.26. The van der Waals surface area contributed by atoms with E-state index in [0.717, 1.165) is 42.3 Å². The maximum absolute atomic E-state index is 12.5. The molecule has 0 radical (unpaired) electrons. The molecular weight excluding hydrogens is 310 g/mol. The van der Waals surface area contributed by atoms with Crippen LogP contribution >= 0.6 is 11.3 Å².